The molecule has 4 rings (SSSR count). The van der Waals surface area contributed by atoms with Crippen molar-refractivity contribution in [2.75, 3.05) is 13.2 Å². The van der Waals surface area contributed by atoms with Gasteiger partial charge in [0.25, 0.3) is 0 Å². The summed E-state index contributed by atoms with van der Waals surface area (Å²) in [4.78, 5) is 0. The molecule has 3 N–H and O–H groups in total. The van der Waals surface area contributed by atoms with Crippen LogP contribution in [0.25, 0.3) is 0 Å². The lowest BCUT2D eigenvalue weighted by molar-refractivity contribution is -0.123. The van der Waals surface area contributed by atoms with Gasteiger partial charge in [0.1, 0.15) is 0 Å². The van der Waals surface area contributed by atoms with Gasteiger partial charge in [-0.1, -0.05) is 13.8 Å². The molecule has 0 saturated heterocycles. The zero-order valence-electron chi connectivity index (χ0n) is 15.6. The minimum atomic E-state index is -0.0352. The van der Waals surface area contributed by atoms with E-state index in [2.05, 4.69) is 19.2 Å². The van der Waals surface area contributed by atoms with Gasteiger partial charge >= 0.3 is 0 Å². The zero-order valence-corrected chi connectivity index (χ0v) is 15.6. The summed E-state index contributed by atoms with van der Waals surface area (Å²) in [5.74, 6) is 3.42. The minimum Gasteiger partial charge on any atom is -0.395 e. The van der Waals surface area contributed by atoms with E-state index in [1.54, 1.807) is 0 Å². The molecule has 138 valence electrons. The van der Waals surface area contributed by atoms with Gasteiger partial charge in [-0.3, -0.25) is 0 Å². The van der Waals surface area contributed by atoms with Gasteiger partial charge in [0.05, 0.1) is 12.7 Å². The van der Waals surface area contributed by atoms with E-state index < -0.39 is 0 Å². The smallest absolute Gasteiger partial charge is 0.0556 e. The van der Waals surface area contributed by atoms with Crippen molar-refractivity contribution in [1.82, 2.24) is 5.32 Å². The SMILES string of the molecule is C[C@]12CC[C@@H](O)C[C@@H]1CC[C@@H]1[C@H]3CC[C@H](NCCO)[C@@]3(C)CC[C@@H]12. The van der Waals surface area contributed by atoms with Crippen LogP contribution >= 0.6 is 0 Å². The van der Waals surface area contributed by atoms with Gasteiger partial charge in [0, 0.05) is 12.6 Å². The highest BCUT2D eigenvalue weighted by molar-refractivity contribution is 5.10. The molecule has 0 radical (unpaired) electrons. The predicted molar refractivity (Wildman–Crippen MR) is 96.6 cm³/mol. The highest BCUT2D eigenvalue weighted by Crippen LogP contribution is 2.66. The Morgan fingerprint density at radius 2 is 1.67 bits per heavy atom. The van der Waals surface area contributed by atoms with E-state index in [4.69, 9.17) is 0 Å². The number of hydrogen-bond acceptors (Lipinski definition) is 3. The van der Waals surface area contributed by atoms with E-state index in [-0.39, 0.29) is 12.7 Å². The third-order valence-corrected chi connectivity index (χ3v) is 9.14. The van der Waals surface area contributed by atoms with Crippen molar-refractivity contribution in [1.29, 1.82) is 0 Å². The summed E-state index contributed by atoms with van der Waals surface area (Å²) < 4.78 is 0. The largest absolute Gasteiger partial charge is 0.395 e. The molecule has 0 amide bonds. The Balaban J connectivity index is 1.54. The van der Waals surface area contributed by atoms with Gasteiger partial charge in [-0.25, -0.2) is 0 Å². The first-order valence-corrected chi connectivity index (χ1v) is 10.5. The van der Waals surface area contributed by atoms with Crippen molar-refractivity contribution < 1.29 is 10.2 Å². The number of aliphatic hydroxyl groups is 2. The van der Waals surface area contributed by atoms with Crippen LogP contribution < -0.4 is 5.32 Å². The Kier molecular flexibility index (Phi) is 4.50. The van der Waals surface area contributed by atoms with Crippen LogP contribution in [0.1, 0.15) is 71.6 Å². The molecule has 0 unspecified atom stereocenters. The van der Waals surface area contributed by atoms with Crippen LogP contribution in [-0.4, -0.2) is 35.5 Å². The molecule has 0 spiro atoms. The van der Waals surface area contributed by atoms with Gasteiger partial charge in [-0.15, -0.1) is 0 Å². The lowest BCUT2D eigenvalue weighted by Crippen LogP contribution is -2.55. The van der Waals surface area contributed by atoms with Crippen molar-refractivity contribution in [3.63, 3.8) is 0 Å². The second-order valence-electron chi connectivity index (χ2n) is 9.94. The average molecular weight is 336 g/mol. The van der Waals surface area contributed by atoms with Crippen molar-refractivity contribution >= 4 is 0 Å². The number of rotatable bonds is 3. The van der Waals surface area contributed by atoms with Crippen molar-refractivity contribution in [3.8, 4) is 0 Å². The van der Waals surface area contributed by atoms with Gasteiger partial charge in [0.2, 0.25) is 0 Å². The van der Waals surface area contributed by atoms with E-state index >= 15 is 0 Å². The van der Waals surface area contributed by atoms with Crippen molar-refractivity contribution in [3.05, 3.63) is 0 Å². The molecule has 4 fully saturated rings. The minimum absolute atomic E-state index is 0.0352. The number of nitrogens with one attached hydrogen (secondary N) is 1. The predicted octanol–water partition coefficient (Wildman–Crippen LogP) is 3.34. The molecular weight excluding hydrogens is 298 g/mol. The van der Waals surface area contributed by atoms with Crippen LogP contribution in [0.5, 0.6) is 0 Å². The lowest BCUT2D eigenvalue weighted by atomic mass is 9.45. The topological polar surface area (TPSA) is 52.5 Å². The fraction of sp³-hybridized carbons (Fsp3) is 1.00. The Labute approximate surface area is 147 Å². The van der Waals surface area contributed by atoms with E-state index in [0.29, 0.717) is 16.9 Å². The maximum atomic E-state index is 10.1. The van der Waals surface area contributed by atoms with Crippen molar-refractivity contribution in [2.45, 2.75) is 83.8 Å². The lowest BCUT2D eigenvalue weighted by Gasteiger charge is -2.61. The summed E-state index contributed by atoms with van der Waals surface area (Å²) in [6.45, 7) is 6.11. The number of hydrogen-bond donors (Lipinski definition) is 3. The maximum Gasteiger partial charge on any atom is 0.0556 e. The van der Waals surface area contributed by atoms with Gasteiger partial charge in [0.15, 0.2) is 0 Å². The molecular formula is C21H37NO2. The van der Waals surface area contributed by atoms with E-state index in [0.717, 1.165) is 43.1 Å². The van der Waals surface area contributed by atoms with Crippen LogP contribution in [0.2, 0.25) is 0 Å². The summed E-state index contributed by atoms with van der Waals surface area (Å²) in [6.07, 6.45) is 11.4. The summed E-state index contributed by atoms with van der Waals surface area (Å²) in [7, 11) is 0. The van der Waals surface area contributed by atoms with Crippen molar-refractivity contribution in [2.24, 2.45) is 34.5 Å². The first-order valence-electron chi connectivity index (χ1n) is 10.5. The van der Waals surface area contributed by atoms with Crippen LogP contribution in [0, 0.1) is 34.5 Å². The van der Waals surface area contributed by atoms with Gasteiger partial charge in [-0.05, 0) is 92.3 Å². The van der Waals surface area contributed by atoms with Crippen LogP contribution in [0.3, 0.4) is 0 Å². The third kappa shape index (κ3) is 2.49. The molecule has 0 aromatic carbocycles. The van der Waals surface area contributed by atoms with E-state index in [1.165, 1.54) is 44.9 Å². The van der Waals surface area contributed by atoms with E-state index in [9.17, 15) is 10.2 Å². The quantitative estimate of drug-likeness (QED) is 0.741. The van der Waals surface area contributed by atoms with Gasteiger partial charge in [-0.2, -0.15) is 0 Å². The molecule has 3 nitrogen and oxygen atoms in total. The molecule has 0 heterocycles. The Morgan fingerprint density at radius 3 is 2.46 bits per heavy atom. The monoisotopic (exact) mass is 335 g/mol. The molecule has 0 aromatic rings. The molecule has 0 aromatic heterocycles. The second kappa shape index (κ2) is 6.25. The second-order valence-corrected chi connectivity index (χ2v) is 9.94. The first-order chi connectivity index (χ1) is 11.5. The standard InChI is InChI=1S/C21H37NO2/c1-20-9-7-15(24)13-14(20)3-4-16-17-5-6-19(22-11-12-23)21(17,2)10-8-18(16)20/h14-19,22-24H,3-13H2,1-2H3/t14-,15+,16+,17+,18-,19-,20-,21-/m0/s1. The highest BCUT2D eigenvalue weighted by Gasteiger charge is 2.59. The molecule has 0 bridgehead atoms. The Hall–Kier alpha value is -0.120. The molecule has 24 heavy (non-hydrogen) atoms. The average Bonchev–Trinajstić information content (AvgIpc) is 2.90. The fourth-order valence-corrected chi connectivity index (χ4v) is 7.81. The van der Waals surface area contributed by atoms with E-state index in [1.807, 2.05) is 0 Å². The third-order valence-electron chi connectivity index (χ3n) is 9.14. The molecule has 4 saturated carbocycles. The molecule has 3 heteroatoms. The first kappa shape index (κ1) is 17.3. The molecule has 4 aliphatic rings. The fourth-order valence-electron chi connectivity index (χ4n) is 7.81. The summed E-state index contributed by atoms with van der Waals surface area (Å²) in [6, 6.07) is 0.606. The Morgan fingerprint density at radius 1 is 0.917 bits per heavy atom. The highest BCUT2D eigenvalue weighted by atomic mass is 16.3. The maximum absolute atomic E-state index is 10.1. The Bertz CT molecular complexity index is 469. The zero-order chi connectivity index (χ0) is 16.9. The molecule has 0 aliphatic heterocycles. The van der Waals surface area contributed by atoms with Gasteiger partial charge < -0.3 is 15.5 Å². The molecule has 8 atom stereocenters. The normalized spacial score (nSPS) is 54.0. The summed E-state index contributed by atoms with van der Waals surface area (Å²) in [5, 5.41) is 23.0. The number of fused-ring (bicyclic) bond motifs is 5. The van der Waals surface area contributed by atoms with Crippen LogP contribution in [-0.2, 0) is 0 Å². The van der Waals surface area contributed by atoms with Crippen LogP contribution in [0.15, 0.2) is 0 Å². The summed E-state index contributed by atoms with van der Waals surface area (Å²) >= 11 is 0. The van der Waals surface area contributed by atoms with Crippen LogP contribution in [0.4, 0.5) is 0 Å². The number of aliphatic hydroxyl groups excluding tert-OH is 2. The molecule has 4 aliphatic carbocycles. The summed E-state index contributed by atoms with van der Waals surface area (Å²) in [5.41, 5.74) is 0.924.